The van der Waals surface area contributed by atoms with Crippen LogP contribution in [0.2, 0.25) is 5.02 Å². The number of phenolic OH excluding ortho intramolecular Hbond substituents is 1. The second kappa shape index (κ2) is 3.79. The van der Waals surface area contributed by atoms with Crippen molar-refractivity contribution < 1.29 is 5.11 Å². The van der Waals surface area contributed by atoms with Gasteiger partial charge in [-0.2, -0.15) is 5.10 Å². The van der Waals surface area contributed by atoms with Gasteiger partial charge in [0.15, 0.2) is 0 Å². The quantitative estimate of drug-likeness (QED) is 0.713. The first-order chi connectivity index (χ1) is 8.22. The Balaban J connectivity index is 2.14. The van der Waals surface area contributed by atoms with Crippen LogP contribution < -0.4 is 0 Å². The van der Waals surface area contributed by atoms with E-state index in [1.54, 1.807) is 16.8 Å². The van der Waals surface area contributed by atoms with E-state index < -0.39 is 0 Å². The SMILES string of the molecule is Oc1ccc(-n2cc3cc(Cl)ccc3n2)cc1. The third-order valence-corrected chi connectivity index (χ3v) is 2.82. The first-order valence-corrected chi connectivity index (χ1v) is 5.54. The first-order valence-electron chi connectivity index (χ1n) is 5.17. The first kappa shape index (κ1) is 10.2. The lowest BCUT2D eigenvalue weighted by atomic mass is 10.2. The van der Waals surface area contributed by atoms with E-state index in [0.29, 0.717) is 5.02 Å². The Kier molecular flexibility index (Phi) is 2.27. The third kappa shape index (κ3) is 1.85. The highest BCUT2D eigenvalue weighted by atomic mass is 35.5. The predicted molar refractivity (Wildman–Crippen MR) is 67.7 cm³/mol. The maximum atomic E-state index is 9.23. The highest BCUT2D eigenvalue weighted by molar-refractivity contribution is 6.31. The average molecular weight is 245 g/mol. The van der Waals surface area contributed by atoms with Gasteiger partial charge in [0.05, 0.1) is 11.2 Å². The lowest BCUT2D eigenvalue weighted by Gasteiger charge is -1.99. The second-order valence-electron chi connectivity index (χ2n) is 3.79. The van der Waals surface area contributed by atoms with Crippen LogP contribution in [0.1, 0.15) is 0 Å². The Morgan fingerprint density at radius 1 is 1.06 bits per heavy atom. The van der Waals surface area contributed by atoms with Gasteiger partial charge in [-0.1, -0.05) is 11.6 Å². The zero-order valence-electron chi connectivity index (χ0n) is 8.84. The van der Waals surface area contributed by atoms with Gasteiger partial charge in [0.1, 0.15) is 5.75 Å². The summed E-state index contributed by atoms with van der Waals surface area (Å²) in [5.41, 5.74) is 1.79. The van der Waals surface area contributed by atoms with Crippen molar-refractivity contribution in [3.05, 3.63) is 53.7 Å². The molecule has 0 amide bonds. The van der Waals surface area contributed by atoms with Crippen LogP contribution in [0.3, 0.4) is 0 Å². The summed E-state index contributed by atoms with van der Waals surface area (Å²) in [5.74, 6) is 0.244. The lowest BCUT2D eigenvalue weighted by Crippen LogP contribution is -1.92. The molecule has 4 heteroatoms. The number of aromatic hydroxyl groups is 1. The van der Waals surface area contributed by atoms with E-state index in [1.807, 2.05) is 36.5 Å². The maximum absolute atomic E-state index is 9.23. The monoisotopic (exact) mass is 244 g/mol. The van der Waals surface area contributed by atoms with E-state index in [2.05, 4.69) is 5.10 Å². The molecule has 0 saturated carbocycles. The number of phenols is 1. The van der Waals surface area contributed by atoms with Gasteiger partial charge >= 0.3 is 0 Å². The molecule has 0 bridgehead atoms. The number of benzene rings is 2. The molecule has 0 unspecified atom stereocenters. The highest BCUT2D eigenvalue weighted by Gasteiger charge is 2.03. The van der Waals surface area contributed by atoms with Gasteiger partial charge in [-0.3, -0.25) is 0 Å². The van der Waals surface area contributed by atoms with Crippen molar-refractivity contribution in [1.29, 1.82) is 0 Å². The van der Waals surface area contributed by atoms with Crippen molar-refractivity contribution in [2.75, 3.05) is 0 Å². The molecule has 3 rings (SSSR count). The average Bonchev–Trinajstić information content (AvgIpc) is 2.72. The summed E-state index contributed by atoms with van der Waals surface area (Å²) in [4.78, 5) is 0. The molecule has 2 aromatic carbocycles. The molecule has 0 aliphatic rings. The molecule has 84 valence electrons. The fourth-order valence-corrected chi connectivity index (χ4v) is 1.91. The number of rotatable bonds is 1. The molecule has 0 fully saturated rings. The lowest BCUT2D eigenvalue weighted by molar-refractivity contribution is 0.475. The Labute approximate surface area is 103 Å². The molecule has 3 aromatic rings. The summed E-state index contributed by atoms with van der Waals surface area (Å²) in [5, 5.41) is 15.4. The van der Waals surface area contributed by atoms with Gasteiger partial charge in [-0.25, -0.2) is 4.68 Å². The molecule has 1 N–H and O–H groups in total. The summed E-state index contributed by atoms with van der Waals surface area (Å²) in [6.07, 6.45) is 1.91. The molecule has 1 aromatic heterocycles. The molecule has 0 saturated heterocycles. The smallest absolute Gasteiger partial charge is 0.115 e. The molecular weight excluding hydrogens is 236 g/mol. The van der Waals surface area contributed by atoms with Gasteiger partial charge in [0.2, 0.25) is 0 Å². The molecule has 0 spiro atoms. The largest absolute Gasteiger partial charge is 0.508 e. The minimum absolute atomic E-state index is 0.244. The van der Waals surface area contributed by atoms with E-state index in [-0.39, 0.29) is 5.75 Å². The Morgan fingerprint density at radius 2 is 1.82 bits per heavy atom. The van der Waals surface area contributed by atoms with E-state index in [1.165, 1.54) is 0 Å². The summed E-state index contributed by atoms with van der Waals surface area (Å²) < 4.78 is 1.76. The topological polar surface area (TPSA) is 38.0 Å². The zero-order valence-corrected chi connectivity index (χ0v) is 9.59. The van der Waals surface area contributed by atoms with Crippen LogP contribution in [0.25, 0.3) is 16.6 Å². The summed E-state index contributed by atoms with van der Waals surface area (Å²) >= 11 is 5.92. The Hall–Kier alpha value is -2.00. The van der Waals surface area contributed by atoms with E-state index >= 15 is 0 Å². The Bertz CT molecular complexity index is 673. The number of aromatic nitrogens is 2. The van der Waals surface area contributed by atoms with Crippen molar-refractivity contribution >= 4 is 22.5 Å². The van der Waals surface area contributed by atoms with Crippen molar-refractivity contribution in [2.24, 2.45) is 0 Å². The fourth-order valence-electron chi connectivity index (χ4n) is 1.73. The minimum Gasteiger partial charge on any atom is -0.508 e. The molecule has 0 aliphatic carbocycles. The summed E-state index contributed by atoms with van der Waals surface area (Å²) in [6.45, 7) is 0. The van der Waals surface area contributed by atoms with Crippen LogP contribution in [-0.2, 0) is 0 Å². The number of fused-ring (bicyclic) bond motifs is 1. The normalized spacial score (nSPS) is 10.9. The molecule has 1 heterocycles. The minimum atomic E-state index is 0.244. The fraction of sp³-hybridized carbons (Fsp3) is 0. The zero-order chi connectivity index (χ0) is 11.8. The van der Waals surface area contributed by atoms with Gasteiger partial charge in [0.25, 0.3) is 0 Å². The van der Waals surface area contributed by atoms with Crippen LogP contribution in [0.15, 0.2) is 48.7 Å². The predicted octanol–water partition coefficient (Wildman–Crippen LogP) is 3.38. The van der Waals surface area contributed by atoms with E-state index in [9.17, 15) is 5.11 Å². The molecule has 17 heavy (non-hydrogen) atoms. The van der Waals surface area contributed by atoms with Gasteiger partial charge in [0, 0.05) is 16.6 Å². The number of nitrogens with zero attached hydrogens (tertiary/aromatic N) is 2. The molecule has 3 nitrogen and oxygen atoms in total. The molecule has 0 atom stereocenters. The van der Waals surface area contributed by atoms with Crippen LogP contribution in [-0.4, -0.2) is 14.9 Å². The molecule has 0 radical (unpaired) electrons. The second-order valence-corrected chi connectivity index (χ2v) is 4.23. The van der Waals surface area contributed by atoms with Crippen molar-refractivity contribution in [2.45, 2.75) is 0 Å². The number of hydrogen-bond acceptors (Lipinski definition) is 2. The molecule has 0 aliphatic heterocycles. The van der Waals surface area contributed by atoms with Crippen LogP contribution in [0.5, 0.6) is 5.75 Å². The van der Waals surface area contributed by atoms with Gasteiger partial charge in [-0.05, 0) is 42.5 Å². The van der Waals surface area contributed by atoms with Crippen molar-refractivity contribution in [1.82, 2.24) is 9.78 Å². The molecular formula is C13H9ClN2O. The van der Waals surface area contributed by atoms with E-state index in [4.69, 9.17) is 11.6 Å². The Morgan fingerprint density at radius 3 is 2.59 bits per heavy atom. The number of hydrogen-bond donors (Lipinski definition) is 1. The van der Waals surface area contributed by atoms with Gasteiger partial charge in [-0.15, -0.1) is 0 Å². The summed E-state index contributed by atoms with van der Waals surface area (Å²) in [7, 11) is 0. The van der Waals surface area contributed by atoms with Crippen molar-refractivity contribution in [3.8, 4) is 11.4 Å². The number of halogens is 1. The van der Waals surface area contributed by atoms with Crippen LogP contribution in [0.4, 0.5) is 0 Å². The summed E-state index contributed by atoms with van der Waals surface area (Å²) in [6, 6.07) is 12.5. The van der Waals surface area contributed by atoms with Gasteiger partial charge < -0.3 is 5.11 Å². The standard InChI is InChI=1S/C13H9ClN2O/c14-10-1-6-13-9(7-10)8-16(15-13)11-2-4-12(17)5-3-11/h1-8,17H. The van der Waals surface area contributed by atoms with Crippen LogP contribution >= 0.6 is 11.6 Å². The highest BCUT2D eigenvalue weighted by Crippen LogP contribution is 2.20. The maximum Gasteiger partial charge on any atom is 0.115 e. The van der Waals surface area contributed by atoms with E-state index in [0.717, 1.165) is 16.6 Å². The van der Waals surface area contributed by atoms with Crippen LogP contribution in [0, 0.1) is 0 Å². The van der Waals surface area contributed by atoms with Crippen molar-refractivity contribution in [3.63, 3.8) is 0 Å². The third-order valence-electron chi connectivity index (χ3n) is 2.58.